The molecule has 2 aromatic carbocycles. The molecule has 178 valence electrons. The molecule has 4 N–H and O–H groups in total. The summed E-state index contributed by atoms with van der Waals surface area (Å²) in [5.74, 6) is 1.60. The van der Waals surface area contributed by atoms with E-state index in [1.807, 2.05) is 65.4 Å². The van der Waals surface area contributed by atoms with Crippen molar-refractivity contribution in [3.63, 3.8) is 0 Å². The third-order valence-electron chi connectivity index (χ3n) is 6.55. The first kappa shape index (κ1) is 22.5. The molecular weight excluding hydrogens is 442 g/mol. The number of H-pyrrole nitrogens is 1. The summed E-state index contributed by atoms with van der Waals surface area (Å²) in [7, 11) is 0. The molecule has 1 aliphatic rings. The minimum atomic E-state index is -0.272. The van der Waals surface area contributed by atoms with Crippen LogP contribution in [-0.2, 0) is 4.79 Å². The van der Waals surface area contributed by atoms with Crippen LogP contribution in [0.1, 0.15) is 31.7 Å². The Morgan fingerprint density at radius 1 is 1.09 bits per heavy atom. The van der Waals surface area contributed by atoms with Crippen molar-refractivity contribution < 1.29 is 9.53 Å². The zero-order valence-electron chi connectivity index (χ0n) is 19.2. The summed E-state index contributed by atoms with van der Waals surface area (Å²) in [6.45, 7) is 3.52. The van der Waals surface area contributed by atoms with Crippen molar-refractivity contribution in [1.82, 2.24) is 20.1 Å². The Morgan fingerprint density at radius 3 is 2.46 bits per heavy atom. The van der Waals surface area contributed by atoms with Gasteiger partial charge in [0.1, 0.15) is 17.0 Å². The van der Waals surface area contributed by atoms with Gasteiger partial charge in [0.25, 0.3) is 5.56 Å². The van der Waals surface area contributed by atoms with Gasteiger partial charge in [-0.05, 0) is 61.6 Å². The molecule has 0 atom stereocenters. The molecule has 8 heteroatoms. The number of anilines is 1. The number of benzene rings is 2. The van der Waals surface area contributed by atoms with Gasteiger partial charge in [0, 0.05) is 23.8 Å². The van der Waals surface area contributed by atoms with Gasteiger partial charge in [-0.25, -0.2) is 5.10 Å². The van der Waals surface area contributed by atoms with Crippen molar-refractivity contribution in [3.8, 4) is 22.6 Å². The van der Waals surface area contributed by atoms with Gasteiger partial charge in [0.05, 0.1) is 5.39 Å². The SMILES string of the molecule is C=CC(=O)N[C@H]1CC[C@H](n2cc(-c3ccc(Oc4ccccc4)cc3)c3c(N)n[nH]c(=O)c32)CC1. The van der Waals surface area contributed by atoms with E-state index in [0.717, 1.165) is 42.6 Å². The van der Waals surface area contributed by atoms with Gasteiger partial charge in [-0.1, -0.05) is 36.9 Å². The average molecular weight is 470 g/mol. The topological polar surface area (TPSA) is 115 Å². The van der Waals surface area contributed by atoms with Crippen LogP contribution in [-0.4, -0.2) is 26.7 Å². The summed E-state index contributed by atoms with van der Waals surface area (Å²) in [4.78, 5) is 24.5. The lowest BCUT2D eigenvalue weighted by molar-refractivity contribution is -0.117. The van der Waals surface area contributed by atoms with Crippen LogP contribution in [0.5, 0.6) is 11.5 Å². The fraction of sp³-hybridized carbons (Fsp3) is 0.222. The Labute approximate surface area is 202 Å². The Hall–Kier alpha value is -4.33. The van der Waals surface area contributed by atoms with Crippen LogP contribution < -0.4 is 21.3 Å². The lowest BCUT2D eigenvalue weighted by atomic mass is 9.91. The molecule has 0 radical (unpaired) electrons. The van der Waals surface area contributed by atoms with E-state index in [-0.39, 0.29) is 29.4 Å². The van der Waals surface area contributed by atoms with E-state index in [1.165, 1.54) is 6.08 Å². The maximum atomic E-state index is 12.9. The van der Waals surface area contributed by atoms with Gasteiger partial charge < -0.3 is 20.4 Å². The number of amides is 1. The Morgan fingerprint density at radius 2 is 1.77 bits per heavy atom. The molecule has 1 aliphatic carbocycles. The van der Waals surface area contributed by atoms with Crippen LogP contribution in [0.3, 0.4) is 0 Å². The molecule has 0 saturated heterocycles. The molecule has 1 saturated carbocycles. The standard InChI is InChI=1S/C27H27N5O3/c1-2-23(33)29-18-10-12-19(13-11-18)32-16-22(24-25(32)27(34)31-30-26(24)28)17-8-14-21(15-9-17)35-20-6-4-3-5-7-20/h2-9,14-16,18-19H,1,10-13H2,(H2,28,30)(H,29,33)(H,31,34)/t18-,19-. The molecular formula is C27H27N5O3. The summed E-state index contributed by atoms with van der Waals surface area (Å²) >= 11 is 0. The Bertz CT molecular complexity index is 1420. The van der Waals surface area contributed by atoms with E-state index in [2.05, 4.69) is 22.1 Å². The van der Waals surface area contributed by atoms with Gasteiger partial charge in [-0.15, -0.1) is 0 Å². The fourth-order valence-corrected chi connectivity index (χ4v) is 4.83. The predicted octanol–water partition coefficient (Wildman–Crippen LogP) is 4.55. The van der Waals surface area contributed by atoms with Gasteiger partial charge in [0.2, 0.25) is 5.91 Å². The highest BCUT2D eigenvalue weighted by Crippen LogP contribution is 2.38. The van der Waals surface area contributed by atoms with Crippen molar-refractivity contribution in [2.45, 2.75) is 37.8 Å². The lowest BCUT2D eigenvalue weighted by Crippen LogP contribution is -2.37. The molecule has 4 aromatic rings. The minimum absolute atomic E-state index is 0.111. The summed E-state index contributed by atoms with van der Waals surface area (Å²) in [5, 5.41) is 10.2. The van der Waals surface area contributed by atoms with E-state index in [9.17, 15) is 9.59 Å². The average Bonchev–Trinajstić information content (AvgIpc) is 3.30. The third-order valence-corrected chi connectivity index (χ3v) is 6.55. The molecule has 5 rings (SSSR count). The summed E-state index contributed by atoms with van der Waals surface area (Å²) < 4.78 is 7.94. The number of nitrogens with one attached hydrogen (secondary N) is 2. The number of nitrogen functional groups attached to an aromatic ring is 1. The largest absolute Gasteiger partial charge is 0.457 e. The number of hydrogen-bond acceptors (Lipinski definition) is 5. The first-order valence-corrected chi connectivity index (χ1v) is 11.7. The zero-order chi connectivity index (χ0) is 24.4. The number of carbonyl (C=O) groups is 1. The predicted molar refractivity (Wildman–Crippen MR) is 136 cm³/mol. The van der Waals surface area contributed by atoms with Crippen LogP contribution in [0.2, 0.25) is 0 Å². The van der Waals surface area contributed by atoms with Crippen LogP contribution >= 0.6 is 0 Å². The van der Waals surface area contributed by atoms with Crippen molar-refractivity contribution in [2.24, 2.45) is 0 Å². The molecule has 2 heterocycles. The molecule has 8 nitrogen and oxygen atoms in total. The first-order chi connectivity index (χ1) is 17.0. The number of para-hydroxylation sites is 1. The van der Waals surface area contributed by atoms with E-state index in [0.29, 0.717) is 16.7 Å². The quantitative estimate of drug-likeness (QED) is 0.358. The van der Waals surface area contributed by atoms with Crippen LogP contribution in [0.25, 0.3) is 22.0 Å². The second-order valence-corrected chi connectivity index (χ2v) is 8.77. The normalized spacial score (nSPS) is 17.7. The number of aromatic amines is 1. The zero-order valence-corrected chi connectivity index (χ0v) is 19.2. The number of rotatable bonds is 6. The number of fused-ring (bicyclic) bond motifs is 1. The van der Waals surface area contributed by atoms with Crippen LogP contribution in [0, 0.1) is 0 Å². The van der Waals surface area contributed by atoms with E-state index in [4.69, 9.17) is 10.5 Å². The molecule has 0 bridgehead atoms. The van der Waals surface area contributed by atoms with Gasteiger partial charge in [0.15, 0.2) is 5.82 Å². The molecule has 2 aromatic heterocycles. The molecule has 35 heavy (non-hydrogen) atoms. The van der Waals surface area contributed by atoms with Crippen LogP contribution in [0.15, 0.2) is 78.2 Å². The highest BCUT2D eigenvalue weighted by molar-refractivity contribution is 6.02. The van der Waals surface area contributed by atoms with Crippen molar-refractivity contribution >= 4 is 22.6 Å². The maximum absolute atomic E-state index is 12.9. The Kier molecular flexibility index (Phi) is 6.10. The molecule has 0 spiro atoms. The number of nitrogens with zero attached hydrogens (tertiary/aromatic N) is 2. The fourth-order valence-electron chi connectivity index (χ4n) is 4.83. The lowest BCUT2D eigenvalue weighted by Gasteiger charge is -2.30. The summed E-state index contributed by atoms with van der Waals surface area (Å²) in [6.07, 6.45) is 6.60. The molecule has 1 fully saturated rings. The van der Waals surface area contributed by atoms with Crippen molar-refractivity contribution in [3.05, 3.63) is 83.8 Å². The third kappa shape index (κ3) is 4.55. The number of hydrogen-bond donors (Lipinski definition) is 3. The maximum Gasteiger partial charge on any atom is 0.288 e. The van der Waals surface area contributed by atoms with E-state index in [1.54, 1.807) is 0 Å². The monoisotopic (exact) mass is 469 g/mol. The van der Waals surface area contributed by atoms with Crippen molar-refractivity contribution in [2.75, 3.05) is 5.73 Å². The van der Waals surface area contributed by atoms with Crippen LogP contribution in [0.4, 0.5) is 5.82 Å². The Balaban J connectivity index is 1.46. The van der Waals surface area contributed by atoms with Gasteiger partial charge in [-0.2, -0.15) is 5.10 Å². The van der Waals surface area contributed by atoms with Gasteiger partial charge in [-0.3, -0.25) is 9.59 Å². The number of carbonyl (C=O) groups excluding carboxylic acids is 1. The van der Waals surface area contributed by atoms with E-state index < -0.39 is 0 Å². The van der Waals surface area contributed by atoms with E-state index >= 15 is 0 Å². The number of ether oxygens (including phenoxy) is 1. The first-order valence-electron chi connectivity index (χ1n) is 11.7. The molecule has 0 aliphatic heterocycles. The second kappa shape index (κ2) is 9.50. The summed E-state index contributed by atoms with van der Waals surface area (Å²) in [6, 6.07) is 17.5. The molecule has 0 unspecified atom stereocenters. The second-order valence-electron chi connectivity index (χ2n) is 8.77. The minimum Gasteiger partial charge on any atom is -0.457 e. The summed E-state index contributed by atoms with van der Waals surface area (Å²) in [5.41, 5.74) is 8.27. The van der Waals surface area contributed by atoms with Gasteiger partial charge >= 0.3 is 0 Å². The highest BCUT2D eigenvalue weighted by Gasteiger charge is 2.27. The number of aromatic nitrogens is 3. The smallest absolute Gasteiger partial charge is 0.288 e. The number of nitrogens with two attached hydrogens (primary N) is 1. The van der Waals surface area contributed by atoms with Crippen molar-refractivity contribution in [1.29, 1.82) is 0 Å². The highest BCUT2D eigenvalue weighted by atomic mass is 16.5. The molecule has 1 amide bonds.